The molecule has 18 heavy (non-hydrogen) atoms. The summed E-state index contributed by atoms with van der Waals surface area (Å²) < 4.78 is 6.59. The third-order valence-corrected chi connectivity index (χ3v) is 2.81. The van der Waals surface area contributed by atoms with E-state index < -0.39 is 5.97 Å². The van der Waals surface area contributed by atoms with Gasteiger partial charge in [0.25, 0.3) is 0 Å². The number of halogens is 1. The van der Waals surface area contributed by atoms with Gasteiger partial charge in [-0.25, -0.2) is 9.48 Å². The summed E-state index contributed by atoms with van der Waals surface area (Å²) >= 11 is 5.92. The molecule has 94 valence electrons. The molecular formula is C12H11ClN2O3. The molecule has 2 aromatic rings. The van der Waals surface area contributed by atoms with Gasteiger partial charge in [0.15, 0.2) is 5.69 Å². The van der Waals surface area contributed by atoms with Crippen LogP contribution in [0.1, 0.15) is 16.1 Å². The minimum absolute atomic E-state index is 0.0314. The molecule has 2 rings (SSSR count). The van der Waals surface area contributed by atoms with Crippen LogP contribution in [-0.4, -0.2) is 28.0 Å². The minimum atomic E-state index is -1.05. The molecule has 0 aliphatic carbocycles. The van der Waals surface area contributed by atoms with Crippen LogP contribution in [0.3, 0.4) is 0 Å². The first-order chi connectivity index (χ1) is 8.52. The number of nitrogens with zero attached hydrogens (tertiary/aromatic N) is 2. The predicted molar refractivity (Wildman–Crippen MR) is 66.8 cm³/mol. The Labute approximate surface area is 109 Å². The van der Waals surface area contributed by atoms with Gasteiger partial charge in [-0.15, -0.1) is 0 Å². The molecular weight excluding hydrogens is 256 g/mol. The third-order valence-electron chi connectivity index (χ3n) is 2.50. The second-order valence-electron chi connectivity index (χ2n) is 3.73. The summed E-state index contributed by atoms with van der Waals surface area (Å²) in [6, 6.07) is 5.11. The summed E-state index contributed by atoms with van der Waals surface area (Å²) in [5.74, 6) is -0.536. The fraction of sp³-hybridized carbons (Fsp3) is 0.167. The molecule has 0 spiro atoms. The van der Waals surface area contributed by atoms with E-state index in [1.165, 1.54) is 11.8 Å². The maximum Gasteiger partial charge on any atom is 0.356 e. The van der Waals surface area contributed by atoms with E-state index in [0.29, 0.717) is 22.0 Å². The van der Waals surface area contributed by atoms with Crippen LogP contribution in [0.5, 0.6) is 5.75 Å². The minimum Gasteiger partial charge on any atom is -0.495 e. The number of rotatable bonds is 3. The SMILES string of the molecule is COc1cc(-n2cc(C)c(C(=O)O)n2)ccc1Cl. The van der Waals surface area contributed by atoms with Crippen LogP contribution in [0.4, 0.5) is 0 Å². The van der Waals surface area contributed by atoms with Gasteiger partial charge in [-0.3, -0.25) is 0 Å². The highest BCUT2D eigenvalue weighted by Crippen LogP contribution is 2.26. The molecule has 0 bridgehead atoms. The average molecular weight is 267 g/mol. The van der Waals surface area contributed by atoms with Gasteiger partial charge in [-0.1, -0.05) is 11.6 Å². The molecule has 0 atom stereocenters. The first-order valence-corrected chi connectivity index (χ1v) is 5.54. The molecule has 0 unspecified atom stereocenters. The molecule has 0 radical (unpaired) electrons. The number of methoxy groups -OCH3 is 1. The van der Waals surface area contributed by atoms with E-state index in [2.05, 4.69) is 5.10 Å². The molecule has 0 saturated heterocycles. The van der Waals surface area contributed by atoms with Crippen LogP contribution >= 0.6 is 11.6 Å². The lowest BCUT2D eigenvalue weighted by atomic mass is 10.3. The fourth-order valence-corrected chi connectivity index (χ4v) is 1.79. The van der Waals surface area contributed by atoms with Gasteiger partial charge in [0, 0.05) is 17.8 Å². The van der Waals surface area contributed by atoms with Crippen molar-refractivity contribution in [2.24, 2.45) is 0 Å². The smallest absolute Gasteiger partial charge is 0.356 e. The molecule has 0 fully saturated rings. The van der Waals surface area contributed by atoms with Crippen molar-refractivity contribution < 1.29 is 14.6 Å². The standard InChI is InChI=1S/C12H11ClN2O3/c1-7-6-15(14-11(7)12(16)17)8-3-4-9(13)10(5-8)18-2/h3-6H,1-2H3,(H,16,17). The number of carboxylic acids is 1. The van der Waals surface area contributed by atoms with Crippen molar-refractivity contribution in [3.63, 3.8) is 0 Å². The predicted octanol–water partition coefficient (Wildman–Crippen LogP) is 2.54. The average Bonchev–Trinajstić information content (AvgIpc) is 2.72. The Hall–Kier alpha value is -2.01. The van der Waals surface area contributed by atoms with Crippen molar-refractivity contribution in [1.82, 2.24) is 9.78 Å². The van der Waals surface area contributed by atoms with Gasteiger partial charge < -0.3 is 9.84 Å². The topological polar surface area (TPSA) is 64.3 Å². The summed E-state index contributed by atoms with van der Waals surface area (Å²) in [7, 11) is 1.52. The maximum atomic E-state index is 10.9. The lowest BCUT2D eigenvalue weighted by Gasteiger charge is -2.06. The summed E-state index contributed by atoms with van der Waals surface area (Å²) in [6.45, 7) is 1.69. The lowest BCUT2D eigenvalue weighted by molar-refractivity contribution is 0.0689. The molecule has 0 amide bonds. The van der Waals surface area contributed by atoms with Crippen molar-refractivity contribution in [2.75, 3.05) is 7.11 Å². The number of carboxylic acid groups (broad SMARTS) is 1. The second kappa shape index (κ2) is 4.70. The van der Waals surface area contributed by atoms with Gasteiger partial charge >= 0.3 is 5.97 Å². The molecule has 0 saturated carbocycles. The number of benzene rings is 1. The Balaban J connectivity index is 2.49. The lowest BCUT2D eigenvalue weighted by Crippen LogP contribution is -2.02. The van der Waals surface area contributed by atoms with E-state index in [1.54, 1.807) is 31.3 Å². The van der Waals surface area contributed by atoms with Crippen LogP contribution in [0, 0.1) is 6.92 Å². The van der Waals surface area contributed by atoms with Crippen molar-refractivity contribution in [3.8, 4) is 11.4 Å². The molecule has 0 aliphatic rings. The van der Waals surface area contributed by atoms with Gasteiger partial charge in [-0.2, -0.15) is 5.10 Å². The van der Waals surface area contributed by atoms with Crippen LogP contribution in [0.2, 0.25) is 5.02 Å². The number of aromatic nitrogens is 2. The third kappa shape index (κ3) is 2.17. The van der Waals surface area contributed by atoms with Crippen molar-refractivity contribution >= 4 is 17.6 Å². The number of hydrogen-bond donors (Lipinski definition) is 1. The van der Waals surface area contributed by atoms with Crippen molar-refractivity contribution in [2.45, 2.75) is 6.92 Å². The molecule has 6 heteroatoms. The van der Waals surface area contributed by atoms with Crippen LogP contribution in [0.15, 0.2) is 24.4 Å². The monoisotopic (exact) mass is 266 g/mol. The summed E-state index contributed by atoms with van der Waals surface area (Å²) in [5.41, 5.74) is 1.31. The van der Waals surface area contributed by atoms with Gasteiger partial charge in [0.05, 0.1) is 17.8 Å². The Morgan fingerprint density at radius 1 is 1.50 bits per heavy atom. The first kappa shape index (κ1) is 12.4. The molecule has 1 heterocycles. The number of aryl methyl sites for hydroxylation is 1. The highest BCUT2D eigenvalue weighted by atomic mass is 35.5. The van der Waals surface area contributed by atoms with Crippen molar-refractivity contribution in [3.05, 3.63) is 40.7 Å². The Kier molecular flexibility index (Phi) is 3.25. The second-order valence-corrected chi connectivity index (χ2v) is 4.14. The molecule has 1 N–H and O–H groups in total. The zero-order valence-electron chi connectivity index (χ0n) is 9.85. The number of aromatic carboxylic acids is 1. The Bertz CT molecular complexity index is 607. The number of carbonyl (C=O) groups is 1. The number of ether oxygens (including phenoxy) is 1. The Morgan fingerprint density at radius 3 is 2.78 bits per heavy atom. The fourth-order valence-electron chi connectivity index (χ4n) is 1.59. The van der Waals surface area contributed by atoms with Gasteiger partial charge in [0.2, 0.25) is 0 Å². The van der Waals surface area contributed by atoms with E-state index >= 15 is 0 Å². The van der Waals surface area contributed by atoms with Crippen molar-refractivity contribution in [1.29, 1.82) is 0 Å². The normalized spacial score (nSPS) is 10.4. The van der Waals surface area contributed by atoms with Crippen LogP contribution < -0.4 is 4.74 Å². The molecule has 0 aliphatic heterocycles. The summed E-state index contributed by atoms with van der Waals surface area (Å²) in [4.78, 5) is 10.9. The maximum absolute atomic E-state index is 10.9. The Morgan fingerprint density at radius 2 is 2.22 bits per heavy atom. The van der Waals surface area contributed by atoms with Crippen LogP contribution in [-0.2, 0) is 0 Å². The molecule has 5 nitrogen and oxygen atoms in total. The van der Waals surface area contributed by atoms with E-state index in [1.807, 2.05) is 0 Å². The highest BCUT2D eigenvalue weighted by molar-refractivity contribution is 6.32. The first-order valence-electron chi connectivity index (χ1n) is 5.16. The van der Waals surface area contributed by atoms with Gasteiger partial charge in [-0.05, 0) is 19.1 Å². The van der Waals surface area contributed by atoms with Gasteiger partial charge in [0.1, 0.15) is 5.75 Å². The molecule has 1 aromatic carbocycles. The van der Waals surface area contributed by atoms with E-state index in [0.717, 1.165) is 0 Å². The van der Waals surface area contributed by atoms with E-state index in [9.17, 15) is 4.79 Å². The quantitative estimate of drug-likeness (QED) is 0.927. The van der Waals surface area contributed by atoms with Crippen LogP contribution in [0.25, 0.3) is 5.69 Å². The summed E-state index contributed by atoms with van der Waals surface area (Å²) in [6.07, 6.45) is 1.64. The number of hydrogen-bond acceptors (Lipinski definition) is 3. The van der Waals surface area contributed by atoms with E-state index in [4.69, 9.17) is 21.4 Å². The molecule has 1 aromatic heterocycles. The van der Waals surface area contributed by atoms with E-state index in [-0.39, 0.29) is 5.69 Å². The zero-order chi connectivity index (χ0) is 13.3. The summed E-state index contributed by atoms with van der Waals surface area (Å²) in [5, 5.41) is 13.4. The largest absolute Gasteiger partial charge is 0.495 e. The zero-order valence-corrected chi connectivity index (χ0v) is 10.6. The highest BCUT2D eigenvalue weighted by Gasteiger charge is 2.13.